The number of benzene rings is 2. The number of nitrogens with one attached hydrogen (secondary N) is 1. The van der Waals surface area contributed by atoms with Gasteiger partial charge < -0.3 is 15.0 Å². The number of carbonyl (C=O) groups is 2. The second-order valence-electron chi connectivity index (χ2n) is 7.19. The third-order valence-electron chi connectivity index (χ3n) is 5.15. The van der Waals surface area contributed by atoms with E-state index in [2.05, 4.69) is 16.3 Å². The normalized spacial score (nSPS) is 15.4. The molecule has 2 aromatic rings. The predicted molar refractivity (Wildman–Crippen MR) is 114 cm³/mol. The molecule has 0 saturated carbocycles. The lowest BCUT2D eigenvalue weighted by molar-refractivity contribution is -0.115. The number of nitrogens with zero attached hydrogens (tertiary/aromatic N) is 1. The number of piperidine rings is 1. The fourth-order valence-corrected chi connectivity index (χ4v) is 4.00. The van der Waals surface area contributed by atoms with E-state index in [1.165, 1.54) is 5.56 Å². The summed E-state index contributed by atoms with van der Waals surface area (Å²) >= 11 is 12.3. The van der Waals surface area contributed by atoms with E-state index in [0.29, 0.717) is 15.6 Å². The van der Waals surface area contributed by atoms with E-state index in [4.69, 9.17) is 23.2 Å². The molecule has 1 saturated heterocycles. The number of likely N-dealkylation sites (tertiary alicyclic amines) is 1. The Morgan fingerprint density at radius 3 is 2.46 bits per heavy atom. The molecule has 0 spiro atoms. The molecular formula is C22H24Cl2N2O2. The molecule has 1 heterocycles. The molecule has 0 unspecified atom stereocenters. The molecule has 1 aliphatic rings. The summed E-state index contributed by atoms with van der Waals surface area (Å²) in [5.74, 6) is 0.0736. The average Bonchev–Trinajstić information content (AvgIpc) is 2.70. The first-order valence-corrected chi connectivity index (χ1v) is 10.3. The van der Waals surface area contributed by atoms with E-state index >= 15 is 0 Å². The highest BCUT2D eigenvalue weighted by Gasteiger charge is 2.18. The zero-order chi connectivity index (χ0) is 19.9. The summed E-state index contributed by atoms with van der Waals surface area (Å²) in [5, 5.41) is 3.92. The van der Waals surface area contributed by atoms with E-state index < -0.39 is 0 Å². The zero-order valence-corrected chi connectivity index (χ0v) is 17.2. The molecule has 1 N–H and O–H groups in total. The highest BCUT2D eigenvalue weighted by molar-refractivity contribution is 6.36. The van der Waals surface area contributed by atoms with Gasteiger partial charge in [-0.15, -0.1) is 0 Å². The van der Waals surface area contributed by atoms with Crippen molar-refractivity contribution in [1.82, 2.24) is 4.90 Å². The van der Waals surface area contributed by atoms with Crippen LogP contribution in [0.25, 0.3) is 0 Å². The van der Waals surface area contributed by atoms with Crippen molar-refractivity contribution in [2.45, 2.75) is 25.7 Å². The van der Waals surface area contributed by atoms with Crippen molar-refractivity contribution in [2.24, 2.45) is 5.92 Å². The number of amides is 1. The van der Waals surface area contributed by atoms with Crippen molar-refractivity contribution in [3.63, 3.8) is 0 Å². The van der Waals surface area contributed by atoms with Crippen molar-refractivity contribution in [3.8, 4) is 0 Å². The Hall–Kier alpha value is -1.88. The maximum Gasteiger partial charge on any atom is 0.228 e. The molecule has 148 valence electrons. The van der Waals surface area contributed by atoms with Gasteiger partial charge in [-0.05, 0) is 67.7 Å². The van der Waals surface area contributed by atoms with Gasteiger partial charge in [0.05, 0.1) is 6.42 Å². The molecule has 0 atom stereocenters. The minimum absolute atomic E-state index is 0.133. The van der Waals surface area contributed by atoms with Crippen LogP contribution in [0, 0.1) is 5.92 Å². The summed E-state index contributed by atoms with van der Waals surface area (Å²) in [7, 11) is 0. The average molecular weight is 419 g/mol. The van der Waals surface area contributed by atoms with E-state index in [1.54, 1.807) is 18.2 Å². The Kier molecular flexibility index (Phi) is 7.49. The van der Waals surface area contributed by atoms with Crippen LogP contribution in [0.3, 0.4) is 0 Å². The quantitative estimate of drug-likeness (QED) is 0.666. The number of hydrogen-bond donors (Lipinski definition) is 1. The minimum Gasteiger partial charge on any atom is -0.326 e. The molecule has 0 bridgehead atoms. The van der Waals surface area contributed by atoms with Crippen LogP contribution in [-0.2, 0) is 22.4 Å². The van der Waals surface area contributed by atoms with E-state index in [1.807, 2.05) is 18.2 Å². The van der Waals surface area contributed by atoms with Crippen molar-refractivity contribution in [2.75, 3.05) is 25.0 Å². The minimum atomic E-state index is -0.150. The van der Waals surface area contributed by atoms with Crippen molar-refractivity contribution in [3.05, 3.63) is 63.6 Å². The Bertz CT molecular complexity index is 813. The maximum absolute atomic E-state index is 12.4. The van der Waals surface area contributed by atoms with Gasteiger partial charge in [0.15, 0.2) is 0 Å². The molecule has 2 aromatic carbocycles. The number of carbonyl (C=O) groups excluding carboxylic acids is 2. The standard InChI is InChI=1S/C22H24Cl2N2O2/c23-20-5-2-6-21(24)19(20)14-22(28)25-18-4-1-3-16(13-18)7-10-26-11-8-17(15-27)9-12-26/h1-6,13,15,17H,7-12,14H2,(H,25,28). The number of hydrogen-bond acceptors (Lipinski definition) is 3. The van der Waals surface area contributed by atoms with Crippen LogP contribution in [0.2, 0.25) is 10.0 Å². The van der Waals surface area contributed by atoms with Crippen LogP contribution in [-0.4, -0.2) is 36.7 Å². The van der Waals surface area contributed by atoms with Gasteiger partial charge >= 0.3 is 0 Å². The lowest BCUT2D eigenvalue weighted by atomic mass is 9.98. The van der Waals surface area contributed by atoms with Gasteiger partial charge in [0.1, 0.15) is 6.29 Å². The van der Waals surface area contributed by atoms with E-state index in [9.17, 15) is 9.59 Å². The molecule has 0 aliphatic carbocycles. The van der Waals surface area contributed by atoms with Crippen molar-refractivity contribution < 1.29 is 9.59 Å². The number of halogens is 2. The third kappa shape index (κ3) is 5.81. The van der Waals surface area contributed by atoms with Gasteiger partial charge in [0.2, 0.25) is 5.91 Å². The summed E-state index contributed by atoms with van der Waals surface area (Å²) in [6.45, 7) is 2.90. The molecule has 1 amide bonds. The summed E-state index contributed by atoms with van der Waals surface area (Å²) in [6, 6.07) is 13.1. The smallest absolute Gasteiger partial charge is 0.228 e. The second kappa shape index (κ2) is 10.1. The van der Waals surface area contributed by atoms with Gasteiger partial charge in [-0.3, -0.25) is 4.79 Å². The van der Waals surface area contributed by atoms with E-state index in [-0.39, 0.29) is 18.2 Å². The molecule has 4 nitrogen and oxygen atoms in total. The van der Waals surface area contributed by atoms with Crippen LogP contribution < -0.4 is 5.32 Å². The largest absolute Gasteiger partial charge is 0.326 e. The fourth-order valence-electron chi connectivity index (χ4n) is 3.47. The first-order chi connectivity index (χ1) is 13.5. The van der Waals surface area contributed by atoms with Gasteiger partial charge in [0.25, 0.3) is 0 Å². The SMILES string of the molecule is O=CC1CCN(CCc2cccc(NC(=O)Cc3c(Cl)cccc3Cl)c2)CC1. The van der Waals surface area contributed by atoms with Gasteiger partial charge in [-0.1, -0.05) is 41.4 Å². The summed E-state index contributed by atoms with van der Waals surface area (Å²) in [6.07, 6.45) is 4.02. The van der Waals surface area contributed by atoms with Crippen LogP contribution >= 0.6 is 23.2 Å². The first-order valence-electron chi connectivity index (χ1n) is 9.54. The summed E-state index contributed by atoms with van der Waals surface area (Å²) < 4.78 is 0. The lowest BCUT2D eigenvalue weighted by Gasteiger charge is -2.29. The number of rotatable bonds is 7. The molecule has 0 aromatic heterocycles. The Labute approximate surface area is 175 Å². The van der Waals surface area contributed by atoms with Gasteiger partial charge in [-0.25, -0.2) is 0 Å². The molecule has 28 heavy (non-hydrogen) atoms. The second-order valence-corrected chi connectivity index (χ2v) is 8.01. The number of anilines is 1. The van der Waals surface area contributed by atoms with Crippen LogP contribution in [0.5, 0.6) is 0 Å². The van der Waals surface area contributed by atoms with Gasteiger partial charge in [-0.2, -0.15) is 0 Å². The summed E-state index contributed by atoms with van der Waals surface area (Å²) in [5.41, 5.74) is 2.58. The van der Waals surface area contributed by atoms with Crippen LogP contribution in [0.4, 0.5) is 5.69 Å². The predicted octanol–water partition coefficient (Wildman–Crippen LogP) is 4.63. The third-order valence-corrected chi connectivity index (χ3v) is 5.86. The fraction of sp³-hybridized carbons (Fsp3) is 0.364. The Balaban J connectivity index is 1.53. The molecular weight excluding hydrogens is 395 g/mol. The zero-order valence-electron chi connectivity index (χ0n) is 15.7. The van der Waals surface area contributed by atoms with Crippen LogP contribution in [0.15, 0.2) is 42.5 Å². The highest BCUT2D eigenvalue weighted by atomic mass is 35.5. The molecule has 3 rings (SSSR count). The highest BCUT2D eigenvalue weighted by Crippen LogP contribution is 2.25. The molecule has 6 heteroatoms. The van der Waals surface area contributed by atoms with E-state index in [0.717, 1.165) is 50.9 Å². The topological polar surface area (TPSA) is 49.4 Å². The molecule has 0 radical (unpaired) electrons. The molecule has 1 fully saturated rings. The Morgan fingerprint density at radius 2 is 1.79 bits per heavy atom. The Morgan fingerprint density at radius 1 is 1.11 bits per heavy atom. The summed E-state index contributed by atoms with van der Waals surface area (Å²) in [4.78, 5) is 25.6. The maximum atomic E-state index is 12.4. The monoisotopic (exact) mass is 418 g/mol. The first kappa shape index (κ1) is 20.8. The number of aldehydes is 1. The molecule has 1 aliphatic heterocycles. The van der Waals surface area contributed by atoms with Gasteiger partial charge in [0, 0.05) is 28.2 Å². The van der Waals surface area contributed by atoms with Crippen LogP contribution in [0.1, 0.15) is 24.0 Å². The van der Waals surface area contributed by atoms with Crippen molar-refractivity contribution in [1.29, 1.82) is 0 Å². The van der Waals surface area contributed by atoms with Crippen molar-refractivity contribution >= 4 is 41.1 Å². The lowest BCUT2D eigenvalue weighted by Crippen LogP contribution is -2.35.